The van der Waals surface area contributed by atoms with E-state index in [1.165, 1.54) is 56.5 Å². The minimum absolute atomic E-state index is 0.0635. The zero-order valence-corrected chi connectivity index (χ0v) is 35.5. The van der Waals surface area contributed by atoms with Crippen LogP contribution >= 0.6 is 0 Å². The zero-order chi connectivity index (χ0) is 41.8. The number of nitrogens with zero attached hydrogens (tertiary/aromatic N) is 2. The van der Waals surface area contributed by atoms with Gasteiger partial charge in [0.25, 0.3) is 0 Å². The van der Waals surface area contributed by atoms with Gasteiger partial charge < -0.3 is 19.4 Å². The molecule has 61 heavy (non-hydrogen) atoms. The molecule has 6 aromatic carbocycles. The van der Waals surface area contributed by atoms with Crippen molar-refractivity contribution in [1.82, 2.24) is 0 Å². The number of anilines is 4. The van der Waals surface area contributed by atoms with E-state index in [0.29, 0.717) is 18.1 Å². The number of ether oxygens (including phenoxy) is 1. The lowest BCUT2D eigenvalue weighted by atomic mass is 9.72. The lowest BCUT2D eigenvalue weighted by Crippen LogP contribution is -2.27. The molecule has 2 aliphatic heterocycles. The second kappa shape index (κ2) is 15.3. The van der Waals surface area contributed by atoms with Crippen molar-refractivity contribution in [2.24, 2.45) is 0 Å². The molecule has 1 atom stereocenters. The van der Waals surface area contributed by atoms with Crippen molar-refractivity contribution >= 4 is 40.9 Å². The van der Waals surface area contributed by atoms with Crippen molar-refractivity contribution in [3.05, 3.63) is 190 Å². The van der Waals surface area contributed by atoms with Gasteiger partial charge in [0.05, 0.1) is 0 Å². The lowest BCUT2D eigenvalue weighted by molar-refractivity contribution is -0.195. The molecule has 0 N–H and O–H groups in total. The van der Waals surface area contributed by atoms with Gasteiger partial charge in [-0.05, 0) is 148 Å². The number of hydrogen-bond acceptors (Lipinski definition) is 6. The molecule has 2 heterocycles. The predicted molar refractivity (Wildman–Crippen MR) is 246 cm³/mol. The molecule has 6 nitrogen and oxygen atoms in total. The molecular weight excluding hydrogens is 753 g/mol. The monoisotopic (exact) mass is 804 g/mol. The van der Waals surface area contributed by atoms with E-state index in [1.807, 2.05) is 24.3 Å². The molecule has 0 saturated heterocycles. The Balaban J connectivity index is 0.809. The summed E-state index contributed by atoms with van der Waals surface area (Å²) < 4.78 is 6.00. The summed E-state index contributed by atoms with van der Waals surface area (Å²) in [5, 5.41) is 0. The van der Waals surface area contributed by atoms with Crippen molar-refractivity contribution in [3.8, 4) is 11.5 Å². The summed E-state index contributed by atoms with van der Waals surface area (Å²) in [4.78, 5) is 29.7. The summed E-state index contributed by atoms with van der Waals surface area (Å²) in [5.41, 5.74) is 14.4. The van der Waals surface area contributed by atoms with E-state index in [1.54, 1.807) is 0 Å². The van der Waals surface area contributed by atoms with Crippen LogP contribution in [-0.4, -0.2) is 25.7 Å². The molecular formula is C55H52N2O4. The van der Waals surface area contributed by atoms with Gasteiger partial charge in [0, 0.05) is 47.3 Å². The van der Waals surface area contributed by atoms with Crippen LogP contribution in [0, 0.1) is 0 Å². The van der Waals surface area contributed by atoms with Gasteiger partial charge >= 0.3 is 5.97 Å². The Hall–Kier alpha value is -6.37. The average Bonchev–Trinajstić information content (AvgIpc) is 4.00. The van der Waals surface area contributed by atoms with E-state index in [-0.39, 0.29) is 16.2 Å². The highest BCUT2D eigenvalue weighted by molar-refractivity contribution is 5.89. The number of carbonyl (C=O) groups is 1. The number of rotatable bonds is 10. The molecule has 0 bridgehead atoms. The largest absolute Gasteiger partial charge is 0.423 e. The van der Waals surface area contributed by atoms with E-state index >= 15 is 0 Å². The van der Waals surface area contributed by atoms with E-state index in [0.717, 1.165) is 55.6 Å². The van der Waals surface area contributed by atoms with Gasteiger partial charge in [-0.15, -0.1) is 0 Å². The van der Waals surface area contributed by atoms with Gasteiger partial charge in [-0.1, -0.05) is 113 Å². The van der Waals surface area contributed by atoms with Crippen LogP contribution in [0.1, 0.15) is 85.0 Å². The maximum absolute atomic E-state index is 13.3. The van der Waals surface area contributed by atoms with Crippen molar-refractivity contribution in [1.29, 1.82) is 0 Å². The number of benzene rings is 6. The predicted octanol–water partition coefficient (Wildman–Crippen LogP) is 12.4. The lowest BCUT2D eigenvalue weighted by Gasteiger charge is -2.30. The van der Waals surface area contributed by atoms with Crippen molar-refractivity contribution in [2.75, 3.05) is 29.5 Å². The van der Waals surface area contributed by atoms with Gasteiger partial charge in [-0.3, -0.25) is 0 Å². The normalized spacial score (nSPS) is 19.1. The van der Waals surface area contributed by atoms with Crippen LogP contribution in [0.3, 0.4) is 0 Å². The zero-order valence-electron chi connectivity index (χ0n) is 35.5. The standard InChI is InChI=1S/C55H52N2O4/c1-53(2)36-55(48-34-44(24-26-46(48)53)60-52(58)28-19-39-17-22-43(23-18-39)57-32-30-41-12-6-8-14-51(41)57)37-54(3,4)47-27-25-45(35-49(47)55)61-59-33-9-10-38-15-20-42(21-16-38)56-31-29-40-11-5-7-13-50(40)56/h5-28,34-35H,29-33,36-37H2,1-4H3/b10-9+,28-19+. The van der Waals surface area contributed by atoms with Crippen LogP contribution in [0.15, 0.2) is 146 Å². The quantitative estimate of drug-likeness (QED) is 0.0343. The molecule has 0 aromatic heterocycles. The number of carbonyl (C=O) groups excluding carboxylic acids is 1. The Bertz CT molecular complexity index is 2690. The average molecular weight is 805 g/mol. The van der Waals surface area contributed by atoms with Crippen LogP contribution in [-0.2, 0) is 38.8 Å². The van der Waals surface area contributed by atoms with Crippen molar-refractivity contribution in [2.45, 2.75) is 69.6 Å². The Morgan fingerprint density at radius 3 is 1.67 bits per heavy atom. The van der Waals surface area contributed by atoms with Crippen LogP contribution in [0.25, 0.3) is 12.2 Å². The Morgan fingerprint density at radius 1 is 0.590 bits per heavy atom. The van der Waals surface area contributed by atoms with Gasteiger partial charge in [-0.25, -0.2) is 4.79 Å². The third-order valence-electron chi connectivity index (χ3n) is 13.4. The van der Waals surface area contributed by atoms with Gasteiger partial charge in [0.15, 0.2) is 5.75 Å². The third-order valence-corrected chi connectivity index (χ3v) is 13.4. The molecule has 0 saturated carbocycles. The first-order valence-corrected chi connectivity index (χ1v) is 21.6. The molecule has 1 spiro atoms. The molecule has 6 aromatic rings. The molecule has 6 heteroatoms. The Labute approximate surface area is 359 Å². The second-order valence-corrected chi connectivity index (χ2v) is 18.4. The van der Waals surface area contributed by atoms with Crippen molar-refractivity contribution < 1.29 is 19.3 Å². The van der Waals surface area contributed by atoms with Crippen molar-refractivity contribution in [3.63, 3.8) is 0 Å². The highest BCUT2D eigenvalue weighted by Gasteiger charge is 2.56. The minimum atomic E-state index is -0.400. The highest BCUT2D eigenvalue weighted by atomic mass is 17.2. The van der Waals surface area contributed by atoms with Gasteiger partial charge in [-0.2, -0.15) is 4.89 Å². The summed E-state index contributed by atoms with van der Waals surface area (Å²) in [5.74, 6) is 0.832. The number of para-hydroxylation sites is 2. The molecule has 10 rings (SSSR count). The summed E-state index contributed by atoms with van der Waals surface area (Å²) in [6.07, 6.45) is 11.4. The molecule has 0 fully saturated rings. The first-order chi connectivity index (χ1) is 29.6. The second-order valence-electron chi connectivity index (χ2n) is 18.4. The van der Waals surface area contributed by atoms with E-state index < -0.39 is 5.97 Å². The summed E-state index contributed by atoms with van der Waals surface area (Å²) in [7, 11) is 0. The van der Waals surface area contributed by atoms with Crippen LogP contribution in [0.2, 0.25) is 0 Å². The SMILES string of the molecule is CC1(C)CC2(CC(C)(C)c3ccc(OC(=O)/C=C/c4ccc(N5CCc6ccccc65)cc4)cc32)c2cc(OOC/C=C/c3ccc(N4CCc5ccccc54)cc3)ccc21. The van der Waals surface area contributed by atoms with Crippen LogP contribution < -0.4 is 19.4 Å². The highest BCUT2D eigenvalue weighted by Crippen LogP contribution is 2.63. The van der Waals surface area contributed by atoms with Gasteiger partial charge in [0.2, 0.25) is 0 Å². The maximum atomic E-state index is 13.3. The first-order valence-electron chi connectivity index (χ1n) is 21.6. The molecule has 2 aliphatic carbocycles. The molecule has 0 amide bonds. The third kappa shape index (κ3) is 7.23. The summed E-state index contributed by atoms with van der Waals surface area (Å²) in [6, 6.07) is 46.8. The minimum Gasteiger partial charge on any atom is -0.423 e. The van der Waals surface area contributed by atoms with Crippen LogP contribution in [0.5, 0.6) is 11.5 Å². The van der Waals surface area contributed by atoms with E-state index in [9.17, 15) is 4.79 Å². The molecule has 0 radical (unpaired) electrons. The molecule has 4 aliphatic rings. The molecule has 306 valence electrons. The summed E-state index contributed by atoms with van der Waals surface area (Å²) in [6.45, 7) is 11.6. The number of fused-ring (bicyclic) bond motifs is 6. The topological polar surface area (TPSA) is 51.2 Å². The van der Waals surface area contributed by atoms with Gasteiger partial charge in [0.1, 0.15) is 12.4 Å². The van der Waals surface area contributed by atoms with E-state index in [2.05, 4.69) is 165 Å². The fourth-order valence-electron chi connectivity index (χ4n) is 10.8. The Morgan fingerprint density at radius 2 is 1.10 bits per heavy atom. The number of esters is 1. The summed E-state index contributed by atoms with van der Waals surface area (Å²) >= 11 is 0. The maximum Gasteiger partial charge on any atom is 0.336 e. The fraction of sp³-hybridized carbons (Fsp3) is 0.255. The number of hydrogen-bond donors (Lipinski definition) is 0. The first kappa shape index (κ1) is 38.8. The smallest absolute Gasteiger partial charge is 0.336 e. The fourth-order valence-corrected chi connectivity index (χ4v) is 10.8. The molecule has 1 unspecified atom stereocenters. The van der Waals surface area contributed by atoms with Crippen LogP contribution in [0.4, 0.5) is 22.7 Å². The Kier molecular flexibility index (Phi) is 9.72. The van der Waals surface area contributed by atoms with E-state index in [4.69, 9.17) is 14.5 Å².